The van der Waals surface area contributed by atoms with Crippen LogP contribution in [0.25, 0.3) is 0 Å². The van der Waals surface area contributed by atoms with Gasteiger partial charge in [0.05, 0.1) is 10.4 Å². The van der Waals surface area contributed by atoms with Gasteiger partial charge in [-0.2, -0.15) is 0 Å². The van der Waals surface area contributed by atoms with E-state index in [1.807, 2.05) is 6.92 Å². The number of carboxylic acids is 1. The van der Waals surface area contributed by atoms with E-state index >= 15 is 0 Å². The van der Waals surface area contributed by atoms with E-state index in [0.717, 1.165) is 30.4 Å². The maximum atomic E-state index is 13.9. The second kappa shape index (κ2) is 5.12. The molecule has 19 heavy (non-hydrogen) atoms. The lowest BCUT2D eigenvalue weighted by atomic mass is 9.67. The molecule has 1 aromatic rings. The second-order valence-electron chi connectivity index (χ2n) is 5.44. The Bertz CT molecular complexity index is 493. The van der Waals surface area contributed by atoms with Gasteiger partial charge in [-0.3, -0.25) is 4.79 Å². The zero-order valence-corrected chi connectivity index (χ0v) is 12.0. The van der Waals surface area contributed by atoms with Crippen LogP contribution in [0.5, 0.6) is 0 Å². The van der Waals surface area contributed by atoms with E-state index in [-0.39, 0.29) is 5.02 Å². The standard InChI is InChI=1S/C15H18ClFO2/c1-9-8-11(17)13(16)12(10(9)2)15(14(18)19)6-4-3-5-7-15/h8H,3-7H2,1-2H3,(H,18,19). The van der Waals surface area contributed by atoms with Crippen LogP contribution in [0.1, 0.15) is 48.8 Å². The smallest absolute Gasteiger partial charge is 0.314 e. The number of hydrogen-bond acceptors (Lipinski definition) is 1. The Labute approximate surface area is 117 Å². The molecule has 1 fully saturated rings. The van der Waals surface area contributed by atoms with Crippen molar-refractivity contribution in [3.8, 4) is 0 Å². The van der Waals surface area contributed by atoms with Crippen LogP contribution in [-0.2, 0) is 10.2 Å². The summed E-state index contributed by atoms with van der Waals surface area (Å²) in [5, 5.41) is 9.67. The summed E-state index contributed by atoms with van der Waals surface area (Å²) in [4.78, 5) is 11.8. The predicted molar refractivity (Wildman–Crippen MR) is 73.3 cm³/mol. The van der Waals surface area contributed by atoms with Crippen molar-refractivity contribution in [3.63, 3.8) is 0 Å². The summed E-state index contributed by atoms with van der Waals surface area (Å²) in [7, 11) is 0. The van der Waals surface area contributed by atoms with Crippen LogP contribution < -0.4 is 0 Å². The van der Waals surface area contributed by atoms with Gasteiger partial charge in [-0.05, 0) is 49.4 Å². The molecule has 0 unspecified atom stereocenters. The molecular formula is C15H18ClFO2. The van der Waals surface area contributed by atoms with Crippen molar-refractivity contribution in [2.45, 2.75) is 51.4 Å². The molecule has 2 rings (SSSR count). The Morgan fingerprint density at radius 2 is 1.89 bits per heavy atom. The van der Waals surface area contributed by atoms with Gasteiger partial charge in [0.2, 0.25) is 0 Å². The predicted octanol–water partition coefficient (Wildman–Crippen LogP) is 4.38. The van der Waals surface area contributed by atoms with Gasteiger partial charge in [-0.15, -0.1) is 0 Å². The van der Waals surface area contributed by atoms with Crippen molar-refractivity contribution in [1.29, 1.82) is 0 Å². The minimum absolute atomic E-state index is 0.0209. The monoisotopic (exact) mass is 284 g/mol. The highest BCUT2D eigenvalue weighted by Crippen LogP contribution is 2.45. The van der Waals surface area contributed by atoms with Crippen molar-refractivity contribution in [3.05, 3.63) is 33.6 Å². The van der Waals surface area contributed by atoms with E-state index in [4.69, 9.17) is 11.6 Å². The first kappa shape index (κ1) is 14.3. The van der Waals surface area contributed by atoms with Crippen molar-refractivity contribution >= 4 is 17.6 Å². The molecule has 0 radical (unpaired) electrons. The highest BCUT2D eigenvalue weighted by molar-refractivity contribution is 6.32. The molecule has 1 aliphatic carbocycles. The third kappa shape index (κ3) is 2.25. The zero-order valence-electron chi connectivity index (χ0n) is 11.2. The molecular weight excluding hydrogens is 267 g/mol. The summed E-state index contributed by atoms with van der Waals surface area (Å²) in [5.74, 6) is -1.41. The molecule has 0 amide bonds. The van der Waals surface area contributed by atoms with E-state index in [9.17, 15) is 14.3 Å². The molecule has 1 aromatic carbocycles. The third-order valence-electron chi connectivity index (χ3n) is 4.33. The van der Waals surface area contributed by atoms with Gasteiger partial charge in [0.15, 0.2) is 0 Å². The lowest BCUT2D eigenvalue weighted by Crippen LogP contribution is -2.39. The van der Waals surface area contributed by atoms with E-state index < -0.39 is 17.2 Å². The Morgan fingerprint density at radius 3 is 2.42 bits per heavy atom. The van der Waals surface area contributed by atoms with Crippen LogP contribution in [0.3, 0.4) is 0 Å². The fraction of sp³-hybridized carbons (Fsp3) is 0.533. The molecule has 1 N–H and O–H groups in total. The van der Waals surface area contributed by atoms with Crippen molar-refractivity contribution in [2.24, 2.45) is 0 Å². The molecule has 0 spiro atoms. The van der Waals surface area contributed by atoms with Crippen LogP contribution in [0, 0.1) is 19.7 Å². The molecule has 0 bridgehead atoms. The number of halogens is 2. The molecule has 0 aromatic heterocycles. The average molecular weight is 285 g/mol. The minimum atomic E-state index is -1.02. The summed E-state index contributed by atoms with van der Waals surface area (Å²) in [6, 6.07) is 1.37. The Balaban J connectivity index is 2.70. The van der Waals surface area contributed by atoms with Gasteiger partial charge >= 0.3 is 5.97 Å². The summed E-state index contributed by atoms with van der Waals surface area (Å²) in [6.45, 7) is 3.62. The van der Waals surface area contributed by atoms with E-state index in [1.165, 1.54) is 6.07 Å². The number of aryl methyl sites for hydroxylation is 1. The van der Waals surface area contributed by atoms with Crippen molar-refractivity contribution in [1.82, 2.24) is 0 Å². The first-order valence-corrected chi connectivity index (χ1v) is 6.97. The number of rotatable bonds is 2. The van der Waals surface area contributed by atoms with Crippen LogP contribution in [0.4, 0.5) is 4.39 Å². The Morgan fingerprint density at radius 1 is 1.32 bits per heavy atom. The van der Waals surface area contributed by atoms with E-state index in [1.54, 1.807) is 6.92 Å². The topological polar surface area (TPSA) is 37.3 Å². The maximum absolute atomic E-state index is 13.9. The number of carbonyl (C=O) groups is 1. The zero-order chi connectivity index (χ0) is 14.2. The van der Waals surface area contributed by atoms with Crippen LogP contribution in [-0.4, -0.2) is 11.1 Å². The SMILES string of the molecule is Cc1cc(F)c(Cl)c(C2(C(=O)O)CCCCC2)c1C. The number of carboxylic acid groups (broad SMARTS) is 1. The molecule has 2 nitrogen and oxygen atoms in total. The third-order valence-corrected chi connectivity index (χ3v) is 4.70. The van der Waals surface area contributed by atoms with Crippen LogP contribution >= 0.6 is 11.6 Å². The summed E-state index contributed by atoms with van der Waals surface area (Å²) >= 11 is 6.10. The first-order chi connectivity index (χ1) is 8.90. The van der Waals surface area contributed by atoms with E-state index in [2.05, 4.69) is 0 Å². The largest absolute Gasteiger partial charge is 0.481 e. The minimum Gasteiger partial charge on any atom is -0.481 e. The fourth-order valence-electron chi connectivity index (χ4n) is 3.14. The quantitative estimate of drug-likeness (QED) is 0.875. The molecule has 0 saturated heterocycles. The number of benzene rings is 1. The maximum Gasteiger partial charge on any atom is 0.314 e. The molecule has 104 valence electrons. The van der Waals surface area contributed by atoms with Gasteiger partial charge in [-0.1, -0.05) is 30.9 Å². The van der Waals surface area contributed by atoms with Crippen molar-refractivity contribution in [2.75, 3.05) is 0 Å². The fourth-order valence-corrected chi connectivity index (χ4v) is 3.52. The molecule has 0 aliphatic heterocycles. The molecule has 0 heterocycles. The van der Waals surface area contributed by atoms with Gasteiger partial charge < -0.3 is 5.11 Å². The summed E-state index contributed by atoms with van der Waals surface area (Å²) < 4.78 is 13.9. The lowest BCUT2D eigenvalue weighted by Gasteiger charge is -2.36. The van der Waals surface area contributed by atoms with Crippen molar-refractivity contribution < 1.29 is 14.3 Å². The van der Waals surface area contributed by atoms with Crippen LogP contribution in [0.15, 0.2) is 6.07 Å². The van der Waals surface area contributed by atoms with Gasteiger partial charge in [0, 0.05) is 0 Å². The van der Waals surface area contributed by atoms with Gasteiger partial charge in [0.1, 0.15) is 5.82 Å². The molecule has 4 heteroatoms. The van der Waals surface area contributed by atoms with E-state index in [0.29, 0.717) is 18.4 Å². The van der Waals surface area contributed by atoms with Gasteiger partial charge in [0.25, 0.3) is 0 Å². The summed E-state index contributed by atoms with van der Waals surface area (Å²) in [5.41, 5.74) is 1.02. The highest BCUT2D eigenvalue weighted by Gasteiger charge is 2.44. The Hall–Kier alpha value is -1.09. The number of hydrogen-bond donors (Lipinski definition) is 1. The lowest BCUT2D eigenvalue weighted by molar-refractivity contribution is -0.145. The highest BCUT2D eigenvalue weighted by atomic mass is 35.5. The molecule has 0 atom stereocenters. The molecule has 1 saturated carbocycles. The number of aliphatic carboxylic acids is 1. The summed E-state index contributed by atoms with van der Waals surface area (Å²) in [6.07, 6.45) is 3.78. The van der Waals surface area contributed by atoms with Gasteiger partial charge in [-0.25, -0.2) is 4.39 Å². The second-order valence-corrected chi connectivity index (χ2v) is 5.82. The molecule has 1 aliphatic rings. The van der Waals surface area contributed by atoms with Crippen LogP contribution in [0.2, 0.25) is 5.02 Å². The Kier molecular flexibility index (Phi) is 3.86. The first-order valence-electron chi connectivity index (χ1n) is 6.59. The average Bonchev–Trinajstić information content (AvgIpc) is 2.37. The normalized spacial score (nSPS) is 18.3.